The lowest BCUT2D eigenvalue weighted by Crippen LogP contribution is -2.46. The minimum atomic E-state index is -0.355. The standard InChI is InChI=1S/C21H34N6O3/c1-15-14-17-19(20(22)24-15)25-18(8-11-29-2)27(17)10-13-30-12-9-26(21(23)28)16-6-4-3-5-7-16/h14,16H,3-13H2,1-2H3,(H2,22,24)(H2,23,28). The first-order valence-corrected chi connectivity index (χ1v) is 10.8. The summed E-state index contributed by atoms with van der Waals surface area (Å²) in [5, 5.41) is 0. The lowest BCUT2D eigenvalue weighted by molar-refractivity contribution is 0.0875. The molecule has 0 atom stereocenters. The van der Waals surface area contributed by atoms with Crippen LogP contribution in [0.1, 0.15) is 43.6 Å². The topological polar surface area (TPSA) is 122 Å². The molecule has 2 aromatic rings. The highest BCUT2D eigenvalue weighted by Crippen LogP contribution is 2.23. The molecule has 9 nitrogen and oxygen atoms in total. The van der Waals surface area contributed by atoms with E-state index >= 15 is 0 Å². The number of urea groups is 1. The normalized spacial score (nSPS) is 15.0. The second kappa shape index (κ2) is 10.6. The average molecular weight is 419 g/mol. The van der Waals surface area contributed by atoms with E-state index in [1.54, 1.807) is 12.0 Å². The zero-order valence-electron chi connectivity index (χ0n) is 18.1. The van der Waals surface area contributed by atoms with Crippen molar-refractivity contribution in [3.05, 3.63) is 17.6 Å². The number of nitrogen functional groups attached to an aromatic ring is 1. The minimum Gasteiger partial charge on any atom is -0.384 e. The highest BCUT2D eigenvalue weighted by molar-refractivity contribution is 5.85. The molecule has 1 saturated carbocycles. The number of nitrogens with two attached hydrogens (primary N) is 2. The molecular formula is C21H34N6O3. The van der Waals surface area contributed by atoms with E-state index < -0.39 is 0 Å². The summed E-state index contributed by atoms with van der Waals surface area (Å²) in [4.78, 5) is 22.6. The summed E-state index contributed by atoms with van der Waals surface area (Å²) >= 11 is 0. The van der Waals surface area contributed by atoms with Crippen LogP contribution in [0.4, 0.5) is 10.6 Å². The minimum absolute atomic E-state index is 0.247. The maximum absolute atomic E-state index is 11.9. The van der Waals surface area contributed by atoms with Gasteiger partial charge in [-0.15, -0.1) is 0 Å². The Kier molecular flexibility index (Phi) is 7.87. The third kappa shape index (κ3) is 5.40. The summed E-state index contributed by atoms with van der Waals surface area (Å²) in [5.41, 5.74) is 14.2. The summed E-state index contributed by atoms with van der Waals surface area (Å²) in [6, 6.07) is 1.88. The molecule has 0 radical (unpaired) electrons. The fourth-order valence-corrected chi connectivity index (χ4v) is 4.24. The molecule has 1 aliphatic rings. The van der Waals surface area contributed by atoms with Gasteiger partial charge in [0.05, 0.1) is 25.3 Å². The Labute approximate surface area is 177 Å². The van der Waals surface area contributed by atoms with Gasteiger partial charge in [-0.2, -0.15) is 0 Å². The number of carbonyl (C=O) groups is 1. The molecule has 0 saturated heterocycles. The molecule has 0 aromatic carbocycles. The number of primary amides is 1. The first-order chi connectivity index (χ1) is 14.5. The van der Waals surface area contributed by atoms with E-state index in [0.717, 1.165) is 42.7 Å². The molecular weight excluding hydrogens is 384 g/mol. The van der Waals surface area contributed by atoms with Crippen molar-refractivity contribution < 1.29 is 14.3 Å². The number of aromatic nitrogens is 3. The number of amides is 2. The number of rotatable bonds is 10. The van der Waals surface area contributed by atoms with E-state index in [1.807, 2.05) is 13.0 Å². The van der Waals surface area contributed by atoms with Crippen molar-refractivity contribution in [2.75, 3.05) is 39.2 Å². The third-order valence-corrected chi connectivity index (χ3v) is 5.73. The molecule has 9 heteroatoms. The Balaban J connectivity index is 1.60. The maximum atomic E-state index is 11.9. The molecule has 2 aromatic heterocycles. The zero-order valence-corrected chi connectivity index (χ0v) is 18.1. The van der Waals surface area contributed by atoms with Gasteiger partial charge in [-0.05, 0) is 25.8 Å². The van der Waals surface area contributed by atoms with Gasteiger partial charge in [0.15, 0.2) is 5.82 Å². The first kappa shape index (κ1) is 22.3. The van der Waals surface area contributed by atoms with E-state index in [0.29, 0.717) is 50.7 Å². The molecule has 30 heavy (non-hydrogen) atoms. The average Bonchev–Trinajstić information content (AvgIpc) is 3.07. The van der Waals surface area contributed by atoms with E-state index in [9.17, 15) is 4.79 Å². The Hall–Kier alpha value is -2.39. The van der Waals surface area contributed by atoms with Gasteiger partial charge in [-0.25, -0.2) is 14.8 Å². The Morgan fingerprint density at radius 3 is 2.70 bits per heavy atom. The Morgan fingerprint density at radius 1 is 1.23 bits per heavy atom. The van der Waals surface area contributed by atoms with E-state index in [4.69, 9.17) is 20.9 Å². The predicted octanol–water partition coefficient (Wildman–Crippen LogP) is 2.24. The van der Waals surface area contributed by atoms with Crippen molar-refractivity contribution in [1.82, 2.24) is 19.4 Å². The molecule has 2 amide bonds. The van der Waals surface area contributed by atoms with Crippen molar-refractivity contribution in [3.8, 4) is 0 Å². The van der Waals surface area contributed by atoms with Gasteiger partial charge < -0.3 is 30.4 Å². The van der Waals surface area contributed by atoms with Gasteiger partial charge in [0.25, 0.3) is 0 Å². The number of hydrogen-bond donors (Lipinski definition) is 2. The Bertz CT molecular complexity index is 847. The molecule has 0 unspecified atom stereocenters. The second-order valence-electron chi connectivity index (χ2n) is 7.87. The quantitative estimate of drug-likeness (QED) is 0.571. The van der Waals surface area contributed by atoms with Crippen LogP contribution in [0.2, 0.25) is 0 Å². The summed E-state index contributed by atoms with van der Waals surface area (Å²) < 4.78 is 13.2. The van der Waals surface area contributed by atoms with Crippen LogP contribution in [0.15, 0.2) is 6.07 Å². The summed E-state index contributed by atoms with van der Waals surface area (Å²) in [6.07, 6.45) is 6.29. The van der Waals surface area contributed by atoms with Crippen molar-refractivity contribution in [2.45, 2.75) is 58.0 Å². The van der Waals surface area contributed by atoms with Crippen LogP contribution >= 0.6 is 0 Å². The van der Waals surface area contributed by atoms with Crippen LogP contribution in [0.5, 0.6) is 0 Å². The second-order valence-corrected chi connectivity index (χ2v) is 7.87. The SMILES string of the molecule is COCCc1nc2c(N)nc(C)cc2n1CCOCCN(C(N)=O)C1CCCCC1. The number of nitrogens with zero attached hydrogens (tertiary/aromatic N) is 4. The van der Waals surface area contributed by atoms with Gasteiger partial charge in [0.2, 0.25) is 0 Å². The zero-order chi connectivity index (χ0) is 21.5. The number of pyridine rings is 1. The van der Waals surface area contributed by atoms with Crippen LogP contribution in [0.25, 0.3) is 11.0 Å². The molecule has 3 rings (SSSR count). The highest BCUT2D eigenvalue weighted by Gasteiger charge is 2.23. The van der Waals surface area contributed by atoms with E-state index in [-0.39, 0.29) is 12.1 Å². The van der Waals surface area contributed by atoms with Gasteiger partial charge in [0, 0.05) is 38.4 Å². The van der Waals surface area contributed by atoms with Gasteiger partial charge in [-0.1, -0.05) is 19.3 Å². The number of carbonyl (C=O) groups excluding carboxylic acids is 1. The van der Waals surface area contributed by atoms with E-state index in [1.165, 1.54) is 6.42 Å². The molecule has 0 bridgehead atoms. The summed E-state index contributed by atoms with van der Waals surface area (Å²) in [6.45, 7) is 4.62. The van der Waals surface area contributed by atoms with Gasteiger partial charge in [-0.3, -0.25) is 0 Å². The van der Waals surface area contributed by atoms with Crippen molar-refractivity contribution in [2.24, 2.45) is 5.73 Å². The van der Waals surface area contributed by atoms with Crippen molar-refractivity contribution in [3.63, 3.8) is 0 Å². The number of fused-ring (bicyclic) bond motifs is 1. The van der Waals surface area contributed by atoms with Crippen LogP contribution in [-0.2, 0) is 22.4 Å². The number of ether oxygens (including phenoxy) is 2. The summed E-state index contributed by atoms with van der Waals surface area (Å²) in [5.74, 6) is 1.34. The molecule has 2 heterocycles. The molecule has 166 valence electrons. The van der Waals surface area contributed by atoms with Gasteiger partial charge in [0.1, 0.15) is 11.3 Å². The molecule has 0 aliphatic heterocycles. The van der Waals surface area contributed by atoms with Crippen LogP contribution in [0, 0.1) is 6.92 Å². The predicted molar refractivity (Wildman–Crippen MR) is 116 cm³/mol. The maximum Gasteiger partial charge on any atom is 0.315 e. The number of aryl methyl sites for hydroxylation is 1. The van der Waals surface area contributed by atoms with Crippen LogP contribution in [0.3, 0.4) is 0 Å². The molecule has 4 N–H and O–H groups in total. The molecule has 0 spiro atoms. The lowest BCUT2D eigenvalue weighted by atomic mass is 9.94. The third-order valence-electron chi connectivity index (χ3n) is 5.73. The van der Waals surface area contributed by atoms with E-state index in [2.05, 4.69) is 14.5 Å². The Morgan fingerprint density at radius 2 is 2.00 bits per heavy atom. The lowest BCUT2D eigenvalue weighted by Gasteiger charge is -2.33. The van der Waals surface area contributed by atoms with Gasteiger partial charge >= 0.3 is 6.03 Å². The first-order valence-electron chi connectivity index (χ1n) is 10.8. The number of imidazole rings is 1. The van der Waals surface area contributed by atoms with Crippen LogP contribution < -0.4 is 11.5 Å². The fraction of sp³-hybridized carbons (Fsp3) is 0.667. The number of anilines is 1. The van der Waals surface area contributed by atoms with Crippen molar-refractivity contribution >= 4 is 22.9 Å². The number of methoxy groups -OCH3 is 1. The molecule has 1 aliphatic carbocycles. The highest BCUT2D eigenvalue weighted by atomic mass is 16.5. The largest absolute Gasteiger partial charge is 0.384 e. The number of hydrogen-bond acceptors (Lipinski definition) is 6. The smallest absolute Gasteiger partial charge is 0.315 e. The summed E-state index contributed by atoms with van der Waals surface area (Å²) in [7, 11) is 1.67. The van der Waals surface area contributed by atoms with Crippen molar-refractivity contribution in [1.29, 1.82) is 0 Å². The monoisotopic (exact) mass is 418 g/mol. The van der Waals surface area contributed by atoms with Crippen LogP contribution in [-0.4, -0.2) is 65.0 Å². The molecule has 1 fully saturated rings. The fourth-order valence-electron chi connectivity index (χ4n) is 4.24.